The van der Waals surface area contributed by atoms with Gasteiger partial charge >= 0.3 is 0 Å². The van der Waals surface area contributed by atoms with E-state index in [1.54, 1.807) is 12.3 Å². The average Bonchev–Trinajstić information content (AvgIpc) is 3.12. The van der Waals surface area contributed by atoms with Crippen molar-refractivity contribution in [1.82, 2.24) is 19.8 Å². The molecule has 0 radical (unpaired) electrons. The standard InChI is InChI=1S/C21H23ClFN5/c1-27-6-8-28(9-7-27)14-15-2-4-16(5-3-15)20-13-24-21(26-20)25-19-11-17(22)10-18(23)12-19/h2-5,10-13H,6-9,14H2,1H3,(H2,24,25,26). The molecule has 1 saturated heterocycles. The first-order valence-electron chi connectivity index (χ1n) is 9.33. The van der Waals surface area contributed by atoms with Gasteiger partial charge in [0.2, 0.25) is 5.95 Å². The number of benzene rings is 2. The molecule has 0 amide bonds. The van der Waals surface area contributed by atoms with Crippen LogP contribution in [0.25, 0.3) is 11.3 Å². The molecular formula is C21H23ClFN5. The topological polar surface area (TPSA) is 47.2 Å². The van der Waals surface area contributed by atoms with Crippen LogP contribution in [0.4, 0.5) is 16.0 Å². The molecule has 0 unspecified atom stereocenters. The molecule has 0 saturated carbocycles. The van der Waals surface area contributed by atoms with Crippen LogP contribution in [0.1, 0.15) is 5.56 Å². The molecule has 4 rings (SSSR count). The predicted octanol–water partition coefficient (Wildman–Crippen LogP) is 4.36. The van der Waals surface area contributed by atoms with Crippen molar-refractivity contribution in [2.45, 2.75) is 6.54 Å². The first-order valence-corrected chi connectivity index (χ1v) is 9.71. The Morgan fingerprint density at radius 2 is 1.86 bits per heavy atom. The van der Waals surface area contributed by atoms with Gasteiger partial charge in [-0.25, -0.2) is 9.37 Å². The molecule has 2 N–H and O–H groups in total. The lowest BCUT2D eigenvalue weighted by molar-refractivity contribution is 0.148. The predicted molar refractivity (Wildman–Crippen MR) is 111 cm³/mol. The van der Waals surface area contributed by atoms with Crippen LogP contribution in [0.5, 0.6) is 0 Å². The lowest BCUT2D eigenvalue weighted by atomic mass is 10.1. The van der Waals surface area contributed by atoms with Gasteiger partial charge in [0.25, 0.3) is 0 Å². The number of likely N-dealkylation sites (N-methyl/N-ethyl adjacent to an activating group) is 1. The Labute approximate surface area is 169 Å². The molecule has 146 valence electrons. The van der Waals surface area contributed by atoms with Gasteiger partial charge < -0.3 is 15.2 Å². The number of anilines is 2. The van der Waals surface area contributed by atoms with Crippen LogP contribution in [0.3, 0.4) is 0 Å². The Morgan fingerprint density at radius 1 is 1.11 bits per heavy atom. The maximum Gasteiger partial charge on any atom is 0.205 e. The number of imidazole rings is 1. The lowest BCUT2D eigenvalue weighted by Crippen LogP contribution is -2.43. The van der Waals surface area contributed by atoms with Crippen LogP contribution in [0, 0.1) is 5.82 Å². The minimum atomic E-state index is -0.391. The number of aromatic nitrogens is 2. The molecule has 0 atom stereocenters. The highest BCUT2D eigenvalue weighted by atomic mass is 35.5. The van der Waals surface area contributed by atoms with E-state index < -0.39 is 5.82 Å². The van der Waals surface area contributed by atoms with Crippen LogP contribution in [0.2, 0.25) is 5.02 Å². The van der Waals surface area contributed by atoms with Gasteiger partial charge in [0, 0.05) is 43.4 Å². The highest BCUT2D eigenvalue weighted by Crippen LogP contribution is 2.24. The van der Waals surface area contributed by atoms with E-state index in [0.29, 0.717) is 16.7 Å². The number of piperazine rings is 1. The van der Waals surface area contributed by atoms with Crippen molar-refractivity contribution < 1.29 is 4.39 Å². The molecule has 1 fully saturated rings. The fourth-order valence-electron chi connectivity index (χ4n) is 3.35. The quantitative estimate of drug-likeness (QED) is 0.669. The van der Waals surface area contributed by atoms with Crippen LogP contribution in [-0.4, -0.2) is 53.0 Å². The molecular weight excluding hydrogens is 377 g/mol. The third-order valence-corrected chi connectivity index (χ3v) is 5.19. The number of aromatic amines is 1. The normalized spacial score (nSPS) is 15.7. The zero-order valence-corrected chi connectivity index (χ0v) is 16.5. The zero-order valence-electron chi connectivity index (χ0n) is 15.8. The van der Waals surface area contributed by atoms with Crippen LogP contribution in [-0.2, 0) is 6.54 Å². The van der Waals surface area contributed by atoms with Gasteiger partial charge in [-0.1, -0.05) is 35.9 Å². The number of nitrogens with one attached hydrogen (secondary N) is 2. The second-order valence-electron chi connectivity index (χ2n) is 7.20. The van der Waals surface area contributed by atoms with Crippen molar-refractivity contribution in [3.63, 3.8) is 0 Å². The number of nitrogens with zero attached hydrogens (tertiary/aromatic N) is 3. The molecule has 1 aliphatic heterocycles. The molecule has 0 aliphatic carbocycles. The third kappa shape index (κ3) is 4.70. The summed E-state index contributed by atoms with van der Waals surface area (Å²) in [6, 6.07) is 12.8. The maximum absolute atomic E-state index is 13.5. The van der Waals surface area contributed by atoms with E-state index in [1.165, 1.54) is 17.7 Å². The van der Waals surface area contributed by atoms with Crippen molar-refractivity contribution in [2.75, 3.05) is 38.5 Å². The van der Waals surface area contributed by atoms with Gasteiger partial charge in [-0.3, -0.25) is 4.90 Å². The first-order chi connectivity index (χ1) is 13.5. The van der Waals surface area contributed by atoms with Gasteiger partial charge in [0.05, 0.1) is 11.9 Å². The van der Waals surface area contributed by atoms with Crippen molar-refractivity contribution in [1.29, 1.82) is 0 Å². The third-order valence-electron chi connectivity index (χ3n) is 4.97. The molecule has 28 heavy (non-hydrogen) atoms. The van der Waals surface area contributed by atoms with E-state index in [4.69, 9.17) is 11.6 Å². The Balaban J connectivity index is 1.40. The van der Waals surface area contributed by atoms with Gasteiger partial charge in [-0.15, -0.1) is 0 Å². The minimum absolute atomic E-state index is 0.338. The van der Waals surface area contributed by atoms with Gasteiger partial charge in [-0.2, -0.15) is 0 Å². The highest BCUT2D eigenvalue weighted by molar-refractivity contribution is 6.30. The largest absolute Gasteiger partial charge is 0.326 e. The molecule has 1 aliphatic rings. The molecule has 2 heterocycles. The van der Waals surface area contributed by atoms with Crippen LogP contribution in [0.15, 0.2) is 48.7 Å². The summed E-state index contributed by atoms with van der Waals surface area (Å²) in [6.07, 6.45) is 1.76. The van der Waals surface area contributed by atoms with Crippen molar-refractivity contribution in [3.05, 3.63) is 65.1 Å². The van der Waals surface area contributed by atoms with E-state index in [9.17, 15) is 4.39 Å². The number of rotatable bonds is 5. The minimum Gasteiger partial charge on any atom is -0.326 e. The number of H-pyrrole nitrogens is 1. The summed E-state index contributed by atoms with van der Waals surface area (Å²) in [7, 11) is 2.17. The highest BCUT2D eigenvalue weighted by Gasteiger charge is 2.14. The van der Waals surface area contributed by atoms with Crippen molar-refractivity contribution >= 4 is 23.2 Å². The van der Waals surface area contributed by atoms with Crippen LogP contribution < -0.4 is 5.32 Å². The molecule has 3 aromatic rings. The SMILES string of the molecule is CN1CCN(Cc2ccc(-c3cnc(Nc4cc(F)cc(Cl)c4)[nH]3)cc2)CC1. The Morgan fingerprint density at radius 3 is 2.57 bits per heavy atom. The number of halogens is 2. The number of hydrogen-bond donors (Lipinski definition) is 2. The monoisotopic (exact) mass is 399 g/mol. The van der Waals surface area contributed by atoms with Gasteiger partial charge in [0.1, 0.15) is 5.82 Å². The second kappa shape index (κ2) is 8.31. The Kier molecular flexibility index (Phi) is 5.62. The summed E-state index contributed by atoms with van der Waals surface area (Å²) in [6.45, 7) is 5.44. The van der Waals surface area contributed by atoms with Crippen LogP contribution >= 0.6 is 11.6 Å². The summed E-state index contributed by atoms with van der Waals surface area (Å²) in [5.41, 5.74) is 3.81. The second-order valence-corrected chi connectivity index (χ2v) is 7.64. The first kappa shape index (κ1) is 18.9. The van der Waals surface area contributed by atoms with E-state index >= 15 is 0 Å². The smallest absolute Gasteiger partial charge is 0.205 e. The van der Waals surface area contributed by atoms with E-state index in [0.717, 1.165) is 44.0 Å². The summed E-state index contributed by atoms with van der Waals surface area (Å²) in [5, 5.41) is 3.38. The Bertz CT molecular complexity index is 912. The number of hydrogen-bond acceptors (Lipinski definition) is 4. The Hall–Kier alpha value is -2.41. The summed E-state index contributed by atoms with van der Waals surface area (Å²) < 4.78 is 13.5. The lowest BCUT2D eigenvalue weighted by Gasteiger charge is -2.32. The molecule has 5 nitrogen and oxygen atoms in total. The van der Waals surface area contributed by atoms with Crippen molar-refractivity contribution in [3.8, 4) is 11.3 Å². The van der Waals surface area contributed by atoms with Crippen molar-refractivity contribution in [2.24, 2.45) is 0 Å². The van der Waals surface area contributed by atoms with Gasteiger partial charge in [0.15, 0.2) is 0 Å². The summed E-state index contributed by atoms with van der Waals surface area (Å²) in [5.74, 6) is 0.149. The molecule has 2 aromatic carbocycles. The fourth-order valence-corrected chi connectivity index (χ4v) is 3.57. The van der Waals surface area contributed by atoms with E-state index in [1.807, 2.05) is 0 Å². The average molecular weight is 400 g/mol. The van der Waals surface area contributed by atoms with Gasteiger partial charge in [-0.05, 0) is 36.4 Å². The molecule has 1 aromatic heterocycles. The summed E-state index contributed by atoms with van der Waals surface area (Å²) >= 11 is 5.89. The molecule has 0 spiro atoms. The molecule has 7 heteroatoms. The zero-order chi connectivity index (χ0) is 19.5. The van der Waals surface area contributed by atoms with E-state index in [2.05, 4.69) is 56.4 Å². The van der Waals surface area contributed by atoms with E-state index in [-0.39, 0.29) is 0 Å². The maximum atomic E-state index is 13.5. The summed E-state index contributed by atoms with van der Waals surface area (Å²) in [4.78, 5) is 12.4. The fraction of sp³-hybridized carbons (Fsp3) is 0.286. The molecule has 0 bridgehead atoms.